The van der Waals surface area contributed by atoms with Crippen LogP contribution in [0, 0.1) is 6.92 Å². The number of amides is 2. The molecule has 33 heavy (non-hydrogen) atoms. The molecule has 8 heteroatoms. The number of nitrogens with one attached hydrogen (secondary N) is 2. The van der Waals surface area contributed by atoms with E-state index in [2.05, 4.69) is 20.7 Å². The van der Waals surface area contributed by atoms with E-state index in [0.29, 0.717) is 28.6 Å². The second-order valence-electron chi connectivity index (χ2n) is 7.46. The van der Waals surface area contributed by atoms with Crippen LogP contribution in [0.1, 0.15) is 28.7 Å². The van der Waals surface area contributed by atoms with Gasteiger partial charge in [-0.05, 0) is 61.0 Å². The Balaban J connectivity index is 1.62. The molecule has 0 aliphatic heterocycles. The van der Waals surface area contributed by atoms with Gasteiger partial charge < -0.3 is 10.6 Å². The molecule has 0 atom stereocenters. The largest absolute Gasteiger partial charge is 0.346 e. The van der Waals surface area contributed by atoms with Gasteiger partial charge in [0.25, 0.3) is 5.91 Å². The number of carbonyl (C=O) groups is 2. The molecule has 7 nitrogen and oxygen atoms in total. The van der Waals surface area contributed by atoms with Crippen molar-refractivity contribution in [1.82, 2.24) is 20.1 Å². The standard InChI is InChI=1S/C25H22ClN5O2/c1-16-23(18-6-10-20(26)11-7-18)24(29-17(2)32)31(30-16)22-12-8-19(9-13-22)25(33)28-15-21-5-3-4-14-27-21/h3-14H,15H2,1-2H3,(H,28,33)(H,29,32). The predicted molar refractivity (Wildman–Crippen MR) is 128 cm³/mol. The van der Waals surface area contributed by atoms with Crippen molar-refractivity contribution in [3.05, 3.63) is 94.9 Å². The Morgan fingerprint density at radius 2 is 1.73 bits per heavy atom. The number of anilines is 1. The fourth-order valence-electron chi connectivity index (χ4n) is 3.49. The van der Waals surface area contributed by atoms with Crippen molar-refractivity contribution < 1.29 is 9.59 Å². The SMILES string of the molecule is CC(=O)Nc1c(-c2ccc(Cl)cc2)c(C)nn1-c1ccc(C(=O)NCc2ccccn2)cc1. The minimum atomic E-state index is -0.211. The third-order valence-corrected chi connectivity index (χ3v) is 5.27. The summed E-state index contributed by atoms with van der Waals surface area (Å²) in [5.74, 6) is 0.138. The van der Waals surface area contributed by atoms with Crippen LogP contribution in [-0.2, 0) is 11.3 Å². The quantitative estimate of drug-likeness (QED) is 0.434. The molecule has 2 aromatic carbocycles. The van der Waals surface area contributed by atoms with E-state index in [1.807, 2.05) is 37.3 Å². The van der Waals surface area contributed by atoms with E-state index in [9.17, 15) is 9.59 Å². The molecule has 2 amide bonds. The van der Waals surface area contributed by atoms with Crippen molar-refractivity contribution >= 4 is 29.2 Å². The van der Waals surface area contributed by atoms with Crippen molar-refractivity contribution in [2.24, 2.45) is 0 Å². The van der Waals surface area contributed by atoms with Crippen molar-refractivity contribution in [2.45, 2.75) is 20.4 Å². The third-order valence-electron chi connectivity index (χ3n) is 5.02. The Morgan fingerprint density at radius 1 is 1.00 bits per heavy atom. The van der Waals surface area contributed by atoms with Gasteiger partial charge in [-0.3, -0.25) is 14.6 Å². The number of aryl methyl sites for hydroxylation is 1. The van der Waals surface area contributed by atoms with E-state index >= 15 is 0 Å². The molecule has 2 aromatic heterocycles. The summed E-state index contributed by atoms with van der Waals surface area (Å²) in [5, 5.41) is 11.0. The average Bonchev–Trinajstić information content (AvgIpc) is 3.14. The topological polar surface area (TPSA) is 88.9 Å². The lowest BCUT2D eigenvalue weighted by Crippen LogP contribution is -2.23. The first-order chi connectivity index (χ1) is 15.9. The predicted octanol–water partition coefficient (Wildman–Crippen LogP) is 4.78. The molecule has 4 aromatic rings. The molecular formula is C25H22ClN5O2. The van der Waals surface area contributed by atoms with E-state index < -0.39 is 0 Å². The molecule has 0 saturated carbocycles. The monoisotopic (exact) mass is 459 g/mol. The highest BCUT2D eigenvalue weighted by atomic mass is 35.5. The number of benzene rings is 2. The summed E-state index contributed by atoms with van der Waals surface area (Å²) >= 11 is 6.04. The Kier molecular flexibility index (Phi) is 6.51. The van der Waals surface area contributed by atoms with Crippen LogP contribution in [-0.4, -0.2) is 26.6 Å². The summed E-state index contributed by atoms with van der Waals surface area (Å²) in [6, 6.07) is 19.9. The number of rotatable bonds is 6. The van der Waals surface area contributed by atoms with Gasteiger partial charge in [-0.25, -0.2) is 4.68 Å². The molecule has 0 unspecified atom stereocenters. The fraction of sp³-hybridized carbons (Fsp3) is 0.120. The minimum absolute atomic E-state index is 0.201. The van der Waals surface area contributed by atoms with Crippen molar-refractivity contribution in [1.29, 1.82) is 0 Å². The van der Waals surface area contributed by atoms with Crippen LogP contribution in [0.3, 0.4) is 0 Å². The smallest absolute Gasteiger partial charge is 0.251 e. The molecular weight excluding hydrogens is 438 g/mol. The van der Waals surface area contributed by atoms with Crippen LogP contribution < -0.4 is 10.6 Å². The lowest BCUT2D eigenvalue weighted by molar-refractivity contribution is -0.114. The van der Waals surface area contributed by atoms with Gasteiger partial charge in [0.2, 0.25) is 5.91 Å². The number of carbonyl (C=O) groups excluding carboxylic acids is 2. The Bertz CT molecular complexity index is 1280. The molecule has 0 spiro atoms. The zero-order valence-electron chi connectivity index (χ0n) is 18.2. The average molecular weight is 460 g/mol. The van der Waals surface area contributed by atoms with E-state index in [4.69, 9.17) is 11.6 Å². The zero-order valence-corrected chi connectivity index (χ0v) is 18.9. The van der Waals surface area contributed by atoms with Crippen molar-refractivity contribution in [3.8, 4) is 16.8 Å². The van der Waals surface area contributed by atoms with Gasteiger partial charge in [0.15, 0.2) is 0 Å². The Hall–Kier alpha value is -3.97. The van der Waals surface area contributed by atoms with Crippen molar-refractivity contribution in [2.75, 3.05) is 5.32 Å². The maximum atomic E-state index is 12.5. The number of nitrogens with zero attached hydrogens (tertiary/aromatic N) is 3. The van der Waals surface area contributed by atoms with Gasteiger partial charge in [-0.2, -0.15) is 5.10 Å². The molecule has 2 heterocycles. The summed E-state index contributed by atoms with van der Waals surface area (Å²) in [6.45, 7) is 3.68. The maximum Gasteiger partial charge on any atom is 0.251 e. The molecule has 0 fully saturated rings. The highest BCUT2D eigenvalue weighted by Gasteiger charge is 2.19. The van der Waals surface area contributed by atoms with Gasteiger partial charge in [-0.1, -0.05) is 29.8 Å². The summed E-state index contributed by atoms with van der Waals surface area (Å²) < 4.78 is 1.66. The minimum Gasteiger partial charge on any atom is -0.346 e. The maximum absolute atomic E-state index is 12.5. The van der Waals surface area contributed by atoms with Crippen LogP contribution in [0.5, 0.6) is 0 Å². The Morgan fingerprint density at radius 3 is 2.36 bits per heavy atom. The first kappa shape index (κ1) is 22.2. The number of hydrogen-bond acceptors (Lipinski definition) is 4. The van der Waals surface area contributed by atoms with Gasteiger partial charge in [0.05, 0.1) is 23.6 Å². The third kappa shape index (κ3) is 5.10. The highest BCUT2D eigenvalue weighted by molar-refractivity contribution is 6.30. The van der Waals surface area contributed by atoms with Gasteiger partial charge >= 0.3 is 0 Å². The molecule has 0 saturated heterocycles. The van der Waals surface area contributed by atoms with Crippen LogP contribution >= 0.6 is 11.6 Å². The van der Waals surface area contributed by atoms with Crippen LogP contribution in [0.2, 0.25) is 5.02 Å². The highest BCUT2D eigenvalue weighted by Crippen LogP contribution is 2.34. The lowest BCUT2D eigenvalue weighted by atomic mass is 10.1. The first-order valence-electron chi connectivity index (χ1n) is 10.3. The van der Waals surface area contributed by atoms with Crippen LogP contribution in [0.25, 0.3) is 16.8 Å². The second kappa shape index (κ2) is 9.67. The molecule has 0 radical (unpaired) electrons. The fourth-order valence-corrected chi connectivity index (χ4v) is 3.61. The van der Waals surface area contributed by atoms with E-state index in [-0.39, 0.29) is 11.8 Å². The summed E-state index contributed by atoms with van der Waals surface area (Å²) in [4.78, 5) is 28.7. The van der Waals surface area contributed by atoms with Crippen molar-refractivity contribution in [3.63, 3.8) is 0 Å². The van der Waals surface area contributed by atoms with E-state index in [0.717, 1.165) is 22.5 Å². The van der Waals surface area contributed by atoms with Gasteiger partial charge in [0.1, 0.15) is 5.82 Å². The molecule has 0 aliphatic rings. The number of hydrogen-bond donors (Lipinski definition) is 2. The molecule has 4 rings (SSSR count). The van der Waals surface area contributed by atoms with Gasteiger partial charge in [0, 0.05) is 29.3 Å². The van der Waals surface area contributed by atoms with E-state index in [1.165, 1.54) is 6.92 Å². The van der Waals surface area contributed by atoms with E-state index in [1.54, 1.807) is 47.3 Å². The number of halogens is 1. The lowest BCUT2D eigenvalue weighted by Gasteiger charge is -2.11. The summed E-state index contributed by atoms with van der Waals surface area (Å²) in [6.07, 6.45) is 1.69. The summed E-state index contributed by atoms with van der Waals surface area (Å²) in [5.41, 5.74) is 4.44. The van der Waals surface area contributed by atoms with Gasteiger partial charge in [-0.15, -0.1) is 0 Å². The zero-order chi connectivity index (χ0) is 23.4. The molecule has 0 aliphatic carbocycles. The second-order valence-corrected chi connectivity index (χ2v) is 7.90. The number of aromatic nitrogens is 3. The molecule has 166 valence electrons. The van der Waals surface area contributed by atoms with Crippen LogP contribution in [0.15, 0.2) is 72.9 Å². The normalized spacial score (nSPS) is 10.6. The van der Waals surface area contributed by atoms with Crippen LogP contribution in [0.4, 0.5) is 5.82 Å². The molecule has 0 bridgehead atoms. The first-order valence-corrected chi connectivity index (χ1v) is 10.7. The molecule has 2 N–H and O–H groups in total. The summed E-state index contributed by atoms with van der Waals surface area (Å²) in [7, 11) is 0. The number of pyridine rings is 1. The Labute approximate surface area is 196 Å².